The zero-order valence-electron chi connectivity index (χ0n) is 15.0. The van der Waals surface area contributed by atoms with Gasteiger partial charge in [-0.1, -0.05) is 17.7 Å². The van der Waals surface area contributed by atoms with E-state index < -0.39 is 10.0 Å². The van der Waals surface area contributed by atoms with Crippen molar-refractivity contribution in [2.24, 2.45) is 0 Å². The van der Waals surface area contributed by atoms with Crippen LogP contribution in [0, 0.1) is 25.2 Å². The second-order valence-corrected chi connectivity index (χ2v) is 8.02. The highest BCUT2D eigenvalue weighted by atomic mass is 32.2. The minimum Gasteiger partial charge on any atom is -0.326 e. The standard InChI is InChI=1S/C19H21N3O3S/c1-14-4-9-18(15(2)12-14)22(26(3,24)25)11-10-19(23)21-17-7-5-16(13-20)6-8-17/h4-9,12H,10-11H2,1-3H3,(H,21,23). The van der Waals surface area contributed by atoms with E-state index in [4.69, 9.17) is 5.26 Å². The first-order valence-electron chi connectivity index (χ1n) is 8.05. The summed E-state index contributed by atoms with van der Waals surface area (Å²) in [6.07, 6.45) is 1.14. The Morgan fingerprint density at radius 3 is 2.35 bits per heavy atom. The van der Waals surface area contributed by atoms with Crippen LogP contribution in [0.3, 0.4) is 0 Å². The fourth-order valence-electron chi connectivity index (χ4n) is 2.60. The number of aryl methyl sites for hydroxylation is 2. The van der Waals surface area contributed by atoms with Crippen molar-refractivity contribution in [3.05, 3.63) is 59.2 Å². The second-order valence-electron chi connectivity index (χ2n) is 6.11. The summed E-state index contributed by atoms with van der Waals surface area (Å²) >= 11 is 0. The topological polar surface area (TPSA) is 90.3 Å². The van der Waals surface area contributed by atoms with Crippen LogP contribution in [0.1, 0.15) is 23.1 Å². The van der Waals surface area contributed by atoms with E-state index in [9.17, 15) is 13.2 Å². The normalized spacial score (nSPS) is 10.8. The van der Waals surface area contributed by atoms with E-state index in [-0.39, 0.29) is 18.9 Å². The van der Waals surface area contributed by atoms with E-state index in [1.807, 2.05) is 32.0 Å². The number of nitrogens with zero attached hydrogens (tertiary/aromatic N) is 2. The van der Waals surface area contributed by atoms with Gasteiger partial charge in [-0.2, -0.15) is 5.26 Å². The molecule has 0 radical (unpaired) electrons. The van der Waals surface area contributed by atoms with E-state index in [1.165, 1.54) is 4.31 Å². The Balaban J connectivity index is 2.09. The third-order valence-electron chi connectivity index (χ3n) is 3.86. The molecule has 2 aromatic carbocycles. The summed E-state index contributed by atoms with van der Waals surface area (Å²) < 4.78 is 25.6. The third-order valence-corrected chi connectivity index (χ3v) is 5.04. The smallest absolute Gasteiger partial charge is 0.232 e. The lowest BCUT2D eigenvalue weighted by molar-refractivity contribution is -0.116. The van der Waals surface area contributed by atoms with Gasteiger partial charge in [0, 0.05) is 18.7 Å². The minimum atomic E-state index is -3.51. The lowest BCUT2D eigenvalue weighted by atomic mass is 10.1. The Morgan fingerprint density at radius 1 is 1.15 bits per heavy atom. The first-order valence-corrected chi connectivity index (χ1v) is 9.90. The first kappa shape index (κ1) is 19.5. The molecule has 2 aromatic rings. The molecule has 1 N–H and O–H groups in total. The number of carbonyl (C=O) groups is 1. The van der Waals surface area contributed by atoms with Gasteiger partial charge < -0.3 is 5.32 Å². The molecule has 0 spiro atoms. The quantitative estimate of drug-likeness (QED) is 0.845. The average Bonchev–Trinajstić information content (AvgIpc) is 2.56. The summed E-state index contributed by atoms with van der Waals surface area (Å²) in [5, 5.41) is 11.5. The van der Waals surface area contributed by atoms with E-state index in [0.717, 1.165) is 17.4 Å². The highest BCUT2D eigenvalue weighted by molar-refractivity contribution is 7.92. The predicted molar refractivity (Wildman–Crippen MR) is 103 cm³/mol. The molecule has 0 aromatic heterocycles. The SMILES string of the molecule is Cc1ccc(N(CCC(=O)Nc2ccc(C#N)cc2)S(C)(=O)=O)c(C)c1. The van der Waals surface area contributed by atoms with Crippen LogP contribution in [0.2, 0.25) is 0 Å². The van der Waals surface area contributed by atoms with E-state index >= 15 is 0 Å². The van der Waals surface area contributed by atoms with Gasteiger partial charge in [-0.3, -0.25) is 9.10 Å². The molecule has 1 amide bonds. The summed E-state index contributed by atoms with van der Waals surface area (Å²) in [7, 11) is -3.51. The zero-order chi connectivity index (χ0) is 19.3. The molecule has 0 aliphatic heterocycles. The van der Waals surface area contributed by atoms with Crippen molar-refractivity contribution in [2.75, 3.05) is 22.4 Å². The van der Waals surface area contributed by atoms with Crippen LogP contribution in [0.4, 0.5) is 11.4 Å². The van der Waals surface area contributed by atoms with Gasteiger partial charge in [0.15, 0.2) is 0 Å². The van der Waals surface area contributed by atoms with E-state index in [2.05, 4.69) is 5.32 Å². The molecular formula is C19H21N3O3S. The van der Waals surface area contributed by atoms with Crippen LogP contribution < -0.4 is 9.62 Å². The van der Waals surface area contributed by atoms with E-state index in [0.29, 0.717) is 16.9 Å². The zero-order valence-corrected chi connectivity index (χ0v) is 15.8. The molecule has 0 aliphatic carbocycles. The molecule has 0 bridgehead atoms. The van der Waals surface area contributed by atoms with Crippen molar-refractivity contribution in [1.82, 2.24) is 0 Å². The maximum Gasteiger partial charge on any atom is 0.232 e. The molecular weight excluding hydrogens is 350 g/mol. The second kappa shape index (κ2) is 8.02. The lowest BCUT2D eigenvalue weighted by Crippen LogP contribution is -2.33. The largest absolute Gasteiger partial charge is 0.326 e. The average molecular weight is 371 g/mol. The number of hydrogen-bond acceptors (Lipinski definition) is 4. The van der Waals surface area contributed by atoms with Crippen LogP contribution in [-0.2, 0) is 14.8 Å². The Bertz CT molecular complexity index is 945. The Labute approximate surface area is 154 Å². The number of benzene rings is 2. The van der Waals surface area contributed by atoms with Crippen LogP contribution in [0.15, 0.2) is 42.5 Å². The number of nitriles is 1. The summed E-state index contributed by atoms with van der Waals surface area (Å²) in [5.41, 5.74) is 3.51. The Morgan fingerprint density at radius 2 is 1.81 bits per heavy atom. The number of carbonyl (C=O) groups excluding carboxylic acids is 1. The van der Waals surface area contributed by atoms with Gasteiger partial charge in [-0.15, -0.1) is 0 Å². The molecule has 136 valence electrons. The molecule has 0 aliphatic rings. The van der Waals surface area contributed by atoms with Crippen molar-refractivity contribution in [1.29, 1.82) is 5.26 Å². The van der Waals surface area contributed by atoms with Crippen molar-refractivity contribution < 1.29 is 13.2 Å². The number of nitrogens with one attached hydrogen (secondary N) is 1. The maximum atomic E-state index is 12.2. The predicted octanol–water partition coefficient (Wildman–Crippen LogP) is 2.97. The van der Waals surface area contributed by atoms with Gasteiger partial charge in [0.2, 0.25) is 15.9 Å². The fourth-order valence-corrected chi connectivity index (χ4v) is 3.59. The van der Waals surface area contributed by atoms with Gasteiger partial charge in [-0.25, -0.2) is 8.42 Å². The van der Waals surface area contributed by atoms with Gasteiger partial charge in [0.1, 0.15) is 0 Å². The molecule has 0 atom stereocenters. The molecule has 0 saturated heterocycles. The van der Waals surface area contributed by atoms with Crippen molar-refractivity contribution in [3.63, 3.8) is 0 Å². The van der Waals surface area contributed by atoms with Gasteiger partial charge in [0.05, 0.1) is 23.6 Å². The van der Waals surface area contributed by atoms with Crippen molar-refractivity contribution in [3.8, 4) is 6.07 Å². The third kappa shape index (κ3) is 5.07. The molecule has 6 nitrogen and oxygen atoms in total. The summed E-state index contributed by atoms with van der Waals surface area (Å²) in [4.78, 5) is 12.2. The molecule has 0 heterocycles. The van der Waals surface area contributed by atoms with Gasteiger partial charge in [-0.05, 0) is 49.7 Å². The lowest BCUT2D eigenvalue weighted by Gasteiger charge is -2.24. The molecule has 2 rings (SSSR count). The van der Waals surface area contributed by atoms with Crippen LogP contribution in [0.25, 0.3) is 0 Å². The van der Waals surface area contributed by atoms with Crippen molar-refractivity contribution >= 4 is 27.3 Å². The molecule has 0 fully saturated rings. The van der Waals surface area contributed by atoms with Gasteiger partial charge >= 0.3 is 0 Å². The number of sulfonamides is 1. The Kier molecular flexibility index (Phi) is 6.01. The van der Waals surface area contributed by atoms with Crippen LogP contribution >= 0.6 is 0 Å². The fraction of sp³-hybridized carbons (Fsp3) is 0.263. The molecule has 7 heteroatoms. The summed E-state index contributed by atoms with van der Waals surface area (Å²) in [6.45, 7) is 3.83. The summed E-state index contributed by atoms with van der Waals surface area (Å²) in [6, 6.07) is 14.0. The highest BCUT2D eigenvalue weighted by Gasteiger charge is 2.20. The number of rotatable bonds is 6. The molecule has 26 heavy (non-hydrogen) atoms. The van der Waals surface area contributed by atoms with Gasteiger partial charge in [0.25, 0.3) is 0 Å². The minimum absolute atomic E-state index is 0.0143. The van der Waals surface area contributed by atoms with Crippen LogP contribution in [0.5, 0.6) is 0 Å². The van der Waals surface area contributed by atoms with Crippen LogP contribution in [-0.4, -0.2) is 27.1 Å². The molecule has 0 saturated carbocycles. The maximum absolute atomic E-state index is 12.2. The number of amides is 1. The highest BCUT2D eigenvalue weighted by Crippen LogP contribution is 2.24. The number of anilines is 2. The van der Waals surface area contributed by atoms with Crippen molar-refractivity contribution in [2.45, 2.75) is 20.3 Å². The first-order chi connectivity index (χ1) is 12.2. The molecule has 0 unspecified atom stereocenters. The monoisotopic (exact) mass is 371 g/mol. The van der Waals surface area contributed by atoms with E-state index in [1.54, 1.807) is 30.3 Å². The Hall–Kier alpha value is -2.85. The number of hydrogen-bond donors (Lipinski definition) is 1. The summed E-state index contributed by atoms with van der Waals surface area (Å²) in [5.74, 6) is -0.298.